The highest BCUT2D eigenvalue weighted by Gasteiger charge is 2.29. The lowest BCUT2D eigenvalue weighted by Gasteiger charge is -2.38. The summed E-state index contributed by atoms with van der Waals surface area (Å²) in [4.78, 5) is 2.54. The molecule has 0 saturated carbocycles. The first kappa shape index (κ1) is 14.0. The van der Waals surface area contributed by atoms with Gasteiger partial charge in [-0.3, -0.25) is 4.90 Å². The Morgan fingerprint density at radius 1 is 1.50 bits per heavy atom. The minimum atomic E-state index is 0.333. The zero-order chi connectivity index (χ0) is 12.8. The fraction of sp³-hybridized carbons (Fsp3) is 0.867. The lowest BCUT2D eigenvalue weighted by Crippen LogP contribution is -2.52. The number of allylic oxidation sites excluding steroid dienone is 1. The van der Waals surface area contributed by atoms with Crippen LogP contribution in [0.5, 0.6) is 0 Å². The van der Waals surface area contributed by atoms with Gasteiger partial charge in [0.25, 0.3) is 0 Å². The largest absolute Gasteiger partial charge is 0.374 e. The van der Waals surface area contributed by atoms with E-state index < -0.39 is 0 Å². The molecule has 3 nitrogen and oxygen atoms in total. The van der Waals surface area contributed by atoms with Crippen molar-refractivity contribution in [3.63, 3.8) is 0 Å². The van der Waals surface area contributed by atoms with Crippen molar-refractivity contribution < 1.29 is 4.74 Å². The molecular formula is C15H28N2O. The van der Waals surface area contributed by atoms with Gasteiger partial charge < -0.3 is 10.1 Å². The van der Waals surface area contributed by atoms with Gasteiger partial charge in [0.05, 0.1) is 18.8 Å². The van der Waals surface area contributed by atoms with Crippen LogP contribution in [0.1, 0.15) is 39.0 Å². The van der Waals surface area contributed by atoms with Gasteiger partial charge in [-0.25, -0.2) is 0 Å². The Labute approximate surface area is 112 Å². The molecule has 0 aromatic rings. The van der Waals surface area contributed by atoms with Gasteiger partial charge in [0.15, 0.2) is 0 Å². The molecule has 1 saturated heterocycles. The molecule has 0 radical (unpaired) electrons. The van der Waals surface area contributed by atoms with Gasteiger partial charge in [-0.1, -0.05) is 18.6 Å². The molecule has 0 bridgehead atoms. The maximum Gasteiger partial charge on any atom is 0.0893 e. The summed E-state index contributed by atoms with van der Waals surface area (Å²) in [5, 5.41) is 3.48. The van der Waals surface area contributed by atoms with Crippen LogP contribution in [0.25, 0.3) is 0 Å². The summed E-state index contributed by atoms with van der Waals surface area (Å²) in [7, 11) is 2.07. The Hall–Kier alpha value is -0.380. The third-order valence-electron chi connectivity index (χ3n) is 4.13. The zero-order valence-corrected chi connectivity index (χ0v) is 12.0. The summed E-state index contributed by atoms with van der Waals surface area (Å²) in [6.45, 7) is 6.52. The third kappa shape index (κ3) is 3.56. The quantitative estimate of drug-likeness (QED) is 0.759. The number of hydrogen-bond donors (Lipinski definition) is 1. The number of ether oxygens (including phenoxy) is 1. The predicted octanol–water partition coefficient (Wildman–Crippen LogP) is 2.19. The Bertz CT molecular complexity index is 276. The lowest BCUT2D eigenvalue weighted by atomic mass is 9.90. The van der Waals surface area contributed by atoms with Gasteiger partial charge >= 0.3 is 0 Å². The number of morpholine rings is 1. The Morgan fingerprint density at radius 3 is 3.06 bits per heavy atom. The molecule has 1 N–H and O–H groups in total. The molecule has 0 amide bonds. The first-order chi connectivity index (χ1) is 8.85. The van der Waals surface area contributed by atoms with Crippen LogP contribution in [0.4, 0.5) is 0 Å². The van der Waals surface area contributed by atoms with Gasteiger partial charge in [0.2, 0.25) is 0 Å². The van der Waals surface area contributed by atoms with Crippen molar-refractivity contribution in [2.75, 3.05) is 33.3 Å². The Kier molecular flexibility index (Phi) is 5.67. The molecule has 104 valence electrons. The van der Waals surface area contributed by atoms with Gasteiger partial charge in [0, 0.05) is 13.1 Å². The van der Waals surface area contributed by atoms with E-state index in [4.69, 9.17) is 4.74 Å². The van der Waals surface area contributed by atoms with Crippen LogP contribution in [0.3, 0.4) is 0 Å². The molecule has 2 atom stereocenters. The van der Waals surface area contributed by atoms with Crippen LogP contribution in [0.2, 0.25) is 0 Å². The van der Waals surface area contributed by atoms with Crippen molar-refractivity contribution in [1.29, 1.82) is 0 Å². The van der Waals surface area contributed by atoms with E-state index in [9.17, 15) is 0 Å². The number of hydrogen-bond acceptors (Lipinski definition) is 3. The third-order valence-corrected chi connectivity index (χ3v) is 4.13. The monoisotopic (exact) mass is 252 g/mol. The highest BCUT2D eigenvalue weighted by molar-refractivity contribution is 5.16. The molecular weight excluding hydrogens is 224 g/mol. The van der Waals surface area contributed by atoms with Gasteiger partial charge in [-0.15, -0.1) is 0 Å². The molecule has 0 aromatic carbocycles. The molecule has 0 aromatic heterocycles. The summed E-state index contributed by atoms with van der Waals surface area (Å²) in [6, 6.07) is 0.421. The lowest BCUT2D eigenvalue weighted by molar-refractivity contribution is -0.0399. The normalized spacial score (nSPS) is 27.9. The predicted molar refractivity (Wildman–Crippen MR) is 75.9 cm³/mol. The fourth-order valence-corrected chi connectivity index (χ4v) is 3.21. The van der Waals surface area contributed by atoms with E-state index in [1.54, 1.807) is 5.57 Å². The summed E-state index contributed by atoms with van der Waals surface area (Å²) < 4.78 is 6.02. The fourth-order valence-electron chi connectivity index (χ4n) is 3.21. The first-order valence-electron chi connectivity index (χ1n) is 7.55. The van der Waals surface area contributed by atoms with Crippen LogP contribution in [-0.2, 0) is 4.74 Å². The summed E-state index contributed by atoms with van der Waals surface area (Å²) in [6.07, 6.45) is 9.20. The maximum atomic E-state index is 6.02. The Morgan fingerprint density at radius 2 is 2.39 bits per heavy atom. The zero-order valence-electron chi connectivity index (χ0n) is 12.0. The van der Waals surface area contributed by atoms with Gasteiger partial charge in [0.1, 0.15) is 0 Å². The molecule has 3 heteroatoms. The number of likely N-dealkylation sites (N-methyl/N-ethyl adjacent to an activating group) is 1. The van der Waals surface area contributed by atoms with E-state index in [-0.39, 0.29) is 0 Å². The maximum absolute atomic E-state index is 6.02. The number of nitrogens with zero attached hydrogens (tertiary/aromatic N) is 1. The topological polar surface area (TPSA) is 24.5 Å². The molecule has 1 fully saturated rings. The highest BCUT2D eigenvalue weighted by Crippen LogP contribution is 2.24. The van der Waals surface area contributed by atoms with Crippen LogP contribution in [0.15, 0.2) is 11.6 Å². The second-order valence-electron chi connectivity index (χ2n) is 5.50. The van der Waals surface area contributed by atoms with Crippen molar-refractivity contribution in [2.24, 2.45) is 0 Å². The van der Waals surface area contributed by atoms with Crippen molar-refractivity contribution in [3.8, 4) is 0 Å². The Balaban J connectivity index is 1.96. The summed E-state index contributed by atoms with van der Waals surface area (Å²) in [5.74, 6) is 0. The minimum Gasteiger partial charge on any atom is -0.374 e. The molecule has 2 rings (SSSR count). The van der Waals surface area contributed by atoms with E-state index >= 15 is 0 Å². The molecule has 1 aliphatic carbocycles. The van der Waals surface area contributed by atoms with E-state index in [0.717, 1.165) is 19.7 Å². The van der Waals surface area contributed by atoms with Gasteiger partial charge in [-0.2, -0.15) is 0 Å². The molecule has 1 heterocycles. The number of nitrogens with one attached hydrogen (secondary N) is 1. The van der Waals surface area contributed by atoms with Crippen molar-refractivity contribution >= 4 is 0 Å². The smallest absolute Gasteiger partial charge is 0.0893 e. The molecule has 2 unspecified atom stereocenters. The van der Waals surface area contributed by atoms with Crippen LogP contribution in [0, 0.1) is 0 Å². The van der Waals surface area contributed by atoms with E-state index in [1.165, 1.54) is 38.6 Å². The average Bonchev–Trinajstić information content (AvgIpc) is 2.42. The summed E-state index contributed by atoms with van der Waals surface area (Å²) >= 11 is 0. The number of rotatable bonds is 5. The minimum absolute atomic E-state index is 0.333. The average molecular weight is 252 g/mol. The van der Waals surface area contributed by atoms with E-state index in [0.29, 0.717) is 12.1 Å². The standard InChI is InChI=1S/C15H28N2O/c1-3-9-17-10-11-18-14(12-17)15(16-2)13-7-5-4-6-8-13/h7,14-16H,3-6,8-12H2,1-2H3. The molecule has 18 heavy (non-hydrogen) atoms. The SMILES string of the molecule is CCCN1CCOC(C(NC)C2=CCCCC2)C1. The highest BCUT2D eigenvalue weighted by atomic mass is 16.5. The van der Waals surface area contributed by atoms with Crippen molar-refractivity contribution in [1.82, 2.24) is 10.2 Å². The molecule has 0 spiro atoms. The second-order valence-corrected chi connectivity index (χ2v) is 5.50. The van der Waals surface area contributed by atoms with Crippen LogP contribution >= 0.6 is 0 Å². The van der Waals surface area contributed by atoms with Crippen molar-refractivity contribution in [2.45, 2.75) is 51.2 Å². The summed E-state index contributed by atoms with van der Waals surface area (Å²) in [5.41, 5.74) is 1.58. The van der Waals surface area contributed by atoms with E-state index in [2.05, 4.69) is 30.3 Å². The van der Waals surface area contributed by atoms with Crippen molar-refractivity contribution in [3.05, 3.63) is 11.6 Å². The van der Waals surface area contributed by atoms with Gasteiger partial charge in [-0.05, 0) is 45.7 Å². The van der Waals surface area contributed by atoms with E-state index in [1.807, 2.05) is 0 Å². The van der Waals surface area contributed by atoms with Crippen LogP contribution < -0.4 is 5.32 Å². The second kappa shape index (κ2) is 7.27. The first-order valence-corrected chi connectivity index (χ1v) is 7.55. The molecule has 1 aliphatic heterocycles. The van der Waals surface area contributed by atoms with Crippen LogP contribution in [-0.4, -0.2) is 50.3 Å². The molecule has 2 aliphatic rings.